The molecular weight excluding hydrogens is 204 g/mol. The molecule has 3 nitrogen and oxygen atoms in total. The van der Waals surface area contributed by atoms with Gasteiger partial charge in [0, 0.05) is 12.7 Å². The number of hydrogen-bond donors (Lipinski definition) is 1. The molecule has 1 aromatic rings. The first kappa shape index (κ1) is 12.5. The number of ether oxygens (including phenoxy) is 1. The average molecular weight is 220 g/mol. The fraction of sp³-hybridized carbons (Fsp3) is 0.308. The maximum absolute atomic E-state index is 11.2. The van der Waals surface area contributed by atoms with Gasteiger partial charge < -0.3 is 9.84 Å². The summed E-state index contributed by atoms with van der Waals surface area (Å²) in [5, 5.41) is 8.53. The minimum atomic E-state index is -0.346. The van der Waals surface area contributed by atoms with E-state index in [2.05, 4.69) is 0 Å². The highest BCUT2D eigenvalue weighted by Gasteiger charge is 1.96. The van der Waals surface area contributed by atoms with Crippen LogP contribution in [0.1, 0.15) is 18.4 Å². The fourth-order valence-corrected chi connectivity index (χ4v) is 1.16. The van der Waals surface area contributed by atoms with Crippen LogP contribution >= 0.6 is 0 Å². The lowest BCUT2D eigenvalue weighted by Gasteiger charge is -1.99. The number of unbranched alkanes of at least 4 members (excludes halogenated alkanes) is 1. The van der Waals surface area contributed by atoms with E-state index in [4.69, 9.17) is 9.84 Å². The summed E-state index contributed by atoms with van der Waals surface area (Å²) in [6.45, 7) is 0.496. The standard InChI is InChI=1S/C13H16O3/c14-10-4-5-11-16-13(15)9-8-12-6-2-1-3-7-12/h1-3,6-9,14H,4-5,10-11H2/b9-8+. The van der Waals surface area contributed by atoms with Crippen molar-refractivity contribution in [1.29, 1.82) is 0 Å². The van der Waals surface area contributed by atoms with Crippen molar-refractivity contribution in [3.8, 4) is 0 Å². The molecule has 0 spiro atoms. The SMILES string of the molecule is O=C(/C=C/c1ccccc1)OCCCCO. The van der Waals surface area contributed by atoms with E-state index < -0.39 is 0 Å². The minimum Gasteiger partial charge on any atom is -0.463 e. The van der Waals surface area contributed by atoms with Crippen molar-refractivity contribution in [3.05, 3.63) is 42.0 Å². The van der Waals surface area contributed by atoms with Gasteiger partial charge >= 0.3 is 5.97 Å². The summed E-state index contributed by atoms with van der Waals surface area (Å²) in [6.07, 6.45) is 4.49. The van der Waals surface area contributed by atoms with Crippen molar-refractivity contribution >= 4 is 12.0 Å². The molecule has 0 unspecified atom stereocenters. The lowest BCUT2D eigenvalue weighted by molar-refractivity contribution is -0.137. The molecule has 0 saturated heterocycles. The van der Waals surface area contributed by atoms with Crippen molar-refractivity contribution in [1.82, 2.24) is 0 Å². The second-order valence-electron chi connectivity index (χ2n) is 3.34. The third-order valence-electron chi connectivity index (χ3n) is 2.01. The zero-order chi connectivity index (χ0) is 11.6. The molecule has 0 heterocycles. The van der Waals surface area contributed by atoms with Gasteiger partial charge in [-0.05, 0) is 24.5 Å². The Labute approximate surface area is 95.4 Å². The van der Waals surface area contributed by atoms with Crippen LogP contribution < -0.4 is 0 Å². The fourth-order valence-electron chi connectivity index (χ4n) is 1.16. The van der Waals surface area contributed by atoms with Gasteiger partial charge in [0.25, 0.3) is 0 Å². The highest BCUT2D eigenvalue weighted by molar-refractivity contribution is 5.86. The summed E-state index contributed by atoms with van der Waals surface area (Å²) < 4.78 is 4.93. The van der Waals surface area contributed by atoms with Gasteiger partial charge in [-0.3, -0.25) is 0 Å². The van der Waals surface area contributed by atoms with Crippen LogP contribution in [0.15, 0.2) is 36.4 Å². The molecule has 1 N–H and O–H groups in total. The molecule has 16 heavy (non-hydrogen) atoms. The van der Waals surface area contributed by atoms with Crippen LogP contribution in [-0.4, -0.2) is 24.3 Å². The van der Waals surface area contributed by atoms with Crippen LogP contribution in [0.25, 0.3) is 6.08 Å². The first-order valence-electron chi connectivity index (χ1n) is 5.33. The van der Waals surface area contributed by atoms with Crippen LogP contribution in [-0.2, 0) is 9.53 Å². The molecule has 0 atom stereocenters. The number of hydrogen-bond acceptors (Lipinski definition) is 3. The molecule has 0 aliphatic rings. The van der Waals surface area contributed by atoms with Crippen molar-refractivity contribution in [2.24, 2.45) is 0 Å². The monoisotopic (exact) mass is 220 g/mol. The normalized spacial score (nSPS) is 10.6. The smallest absolute Gasteiger partial charge is 0.330 e. The number of carbonyl (C=O) groups is 1. The number of aliphatic hydroxyl groups is 1. The van der Waals surface area contributed by atoms with E-state index in [1.165, 1.54) is 6.08 Å². The van der Waals surface area contributed by atoms with Crippen LogP contribution in [0.2, 0.25) is 0 Å². The largest absolute Gasteiger partial charge is 0.463 e. The Hall–Kier alpha value is -1.61. The molecule has 0 bridgehead atoms. The summed E-state index contributed by atoms with van der Waals surface area (Å²) in [7, 11) is 0. The van der Waals surface area contributed by atoms with Crippen LogP contribution in [0.5, 0.6) is 0 Å². The first-order valence-corrected chi connectivity index (χ1v) is 5.33. The third kappa shape index (κ3) is 5.32. The van der Waals surface area contributed by atoms with Gasteiger partial charge in [-0.15, -0.1) is 0 Å². The van der Waals surface area contributed by atoms with Crippen LogP contribution in [0, 0.1) is 0 Å². The first-order chi connectivity index (χ1) is 7.83. The van der Waals surface area contributed by atoms with Gasteiger partial charge in [0.15, 0.2) is 0 Å². The van der Waals surface area contributed by atoms with E-state index in [1.54, 1.807) is 6.08 Å². The molecule has 0 aliphatic heterocycles. The zero-order valence-corrected chi connectivity index (χ0v) is 9.13. The molecule has 0 radical (unpaired) electrons. The third-order valence-corrected chi connectivity index (χ3v) is 2.01. The van der Waals surface area contributed by atoms with Gasteiger partial charge in [0.2, 0.25) is 0 Å². The van der Waals surface area contributed by atoms with Crippen molar-refractivity contribution in [2.75, 3.05) is 13.2 Å². The second-order valence-corrected chi connectivity index (χ2v) is 3.34. The maximum Gasteiger partial charge on any atom is 0.330 e. The summed E-state index contributed by atoms with van der Waals surface area (Å²) in [5.74, 6) is -0.346. The van der Waals surface area contributed by atoms with E-state index in [-0.39, 0.29) is 12.6 Å². The van der Waals surface area contributed by atoms with E-state index in [0.29, 0.717) is 19.4 Å². The highest BCUT2D eigenvalue weighted by Crippen LogP contribution is 2.01. The summed E-state index contributed by atoms with van der Waals surface area (Å²) in [4.78, 5) is 11.2. The average Bonchev–Trinajstić information content (AvgIpc) is 2.33. The predicted octanol–water partition coefficient (Wildman–Crippen LogP) is 2.02. The second kappa shape index (κ2) is 7.65. The molecular formula is C13H16O3. The van der Waals surface area contributed by atoms with E-state index >= 15 is 0 Å². The molecule has 0 aromatic heterocycles. The highest BCUT2D eigenvalue weighted by atomic mass is 16.5. The van der Waals surface area contributed by atoms with E-state index in [9.17, 15) is 4.79 Å². The number of carbonyl (C=O) groups excluding carboxylic acids is 1. The van der Waals surface area contributed by atoms with Crippen molar-refractivity contribution in [3.63, 3.8) is 0 Å². The molecule has 0 saturated carbocycles. The predicted molar refractivity (Wildman–Crippen MR) is 62.8 cm³/mol. The Balaban J connectivity index is 2.26. The van der Waals surface area contributed by atoms with Gasteiger partial charge in [-0.1, -0.05) is 30.3 Å². The lowest BCUT2D eigenvalue weighted by Crippen LogP contribution is -2.02. The van der Waals surface area contributed by atoms with E-state index in [1.807, 2.05) is 30.3 Å². The van der Waals surface area contributed by atoms with Gasteiger partial charge in [0.05, 0.1) is 6.61 Å². The van der Waals surface area contributed by atoms with Gasteiger partial charge in [-0.25, -0.2) is 4.79 Å². The Kier molecular flexibility index (Phi) is 5.96. The maximum atomic E-state index is 11.2. The molecule has 0 fully saturated rings. The molecule has 0 aliphatic carbocycles. The van der Waals surface area contributed by atoms with Gasteiger partial charge in [0.1, 0.15) is 0 Å². The number of rotatable bonds is 6. The van der Waals surface area contributed by atoms with Crippen LogP contribution in [0.3, 0.4) is 0 Å². The quantitative estimate of drug-likeness (QED) is 0.453. The van der Waals surface area contributed by atoms with E-state index in [0.717, 1.165) is 5.56 Å². The zero-order valence-electron chi connectivity index (χ0n) is 9.13. The van der Waals surface area contributed by atoms with Crippen LogP contribution in [0.4, 0.5) is 0 Å². The topological polar surface area (TPSA) is 46.5 Å². The molecule has 0 amide bonds. The molecule has 3 heteroatoms. The Bertz CT molecular complexity index is 330. The molecule has 1 aromatic carbocycles. The summed E-state index contributed by atoms with van der Waals surface area (Å²) in [6, 6.07) is 9.56. The Morgan fingerprint density at radius 2 is 2.00 bits per heavy atom. The minimum absolute atomic E-state index is 0.136. The lowest BCUT2D eigenvalue weighted by atomic mass is 10.2. The van der Waals surface area contributed by atoms with Crippen molar-refractivity contribution < 1.29 is 14.6 Å². The number of esters is 1. The summed E-state index contributed by atoms with van der Waals surface area (Å²) in [5.41, 5.74) is 0.967. The Morgan fingerprint density at radius 3 is 2.69 bits per heavy atom. The number of benzene rings is 1. The Morgan fingerprint density at radius 1 is 1.25 bits per heavy atom. The molecule has 1 rings (SSSR count). The summed E-state index contributed by atoms with van der Waals surface area (Å²) >= 11 is 0. The molecule has 86 valence electrons. The van der Waals surface area contributed by atoms with Crippen molar-refractivity contribution in [2.45, 2.75) is 12.8 Å². The number of aliphatic hydroxyl groups excluding tert-OH is 1. The van der Waals surface area contributed by atoms with Gasteiger partial charge in [-0.2, -0.15) is 0 Å².